The number of hydrogen-bond donors (Lipinski definition) is 3. The number of benzene rings is 1. The maximum atomic E-state index is 11.5. The standard InChI is InChI=1S/C11H12N4O2/c12-7-8-3-1-2-4-9(8)14-10(16)5-6-11(17)15-13/h1-4H,5-6,13H2,(H,14,16)(H,15,17). The summed E-state index contributed by atoms with van der Waals surface area (Å²) in [6.45, 7) is 0. The fraction of sp³-hybridized carbons (Fsp3) is 0.182. The Bertz CT molecular complexity index is 465. The molecule has 0 radical (unpaired) electrons. The van der Waals surface area contributed by atoms with Crippen LogP contribution in [0, 0.1) is 11.3 Å². The average Bonchev–Trinajstić information content (AvgIpc) is 2.36. The molecule has 0 fully saturated rings. The van der Waals surface area contributed by atoms with Crippen LogP contribution in [0.1, 0.15) is 18.4 Å². The van der Waals surface area contributed by atoms with E-state index in [1.807, 2.05) is 11.5 Å². The minimum absolute atomic E-state index is 0.0110. The molecule has 0 aliphatic rings. The SMILES string of the molecule is N#Cc1ccccc1NC(=O)CCC(=O)NN. The Morgan fingerprint density at radius 1 is 1.24 bits per heavy atom. The van der Waals surface area contributed by atoms with Crippen molar-refractivity contribution in [1.29, 1.82) is 5.26 Å². The number of amides is 2. The van der Waals surface area contributed by atoms with Crippen molar-refractivity contribution in [3.63, 3.8) is 0 Å². The van der Waals surface area contributed by atoms with Gasteiger partial charge in [0, 0.05) is 12.8 Å². The van der Waals surface area contributed by atoms with Gasteiger partial charge in [-0.15, -0.1) is 0 Å². The van der Waals surface area contributed by atoms with Gasteiger partial charge in [-0.2, -0.15) is 5.26 Å². The molecule has 1 aromatic carbocycles. The van der Waals surface area contributed by atoms with Crippen LogP contribution in [0.15, 0.2) is 24.3 Å². The van der Waals surface area contributed by atoms with Gasteiger partial charge in [-0.3, -0.25) is 15.0 Å². The zero-order chi connectivity index (χ0) is 12.7. The van der Waals surface area contributed by atoms with E-state index in [1.165, 1.54) is 0 Å². The summed E-state index contributed by atoms with van der Waals surface area (Å²) in [4.78, 5) is 22.3. The Kier molecular flexibility index (Phi) is 4.66. The number of nitriles is 1. The first-order valence-corrected chi connectivity index (χ1v) is 4.95. The third kappa shape index (κ3) is 3.93. The van der Waals surface area contributed by atoms with E-state index in [0.717, 1.165) is 0 Å². The van der Waals surface area contributed by atoms with Gasteiger partial charge in [0.15, 0.2) is 0 Å². The Hall–Kier alpha value is -2.39. The largest absolute Gasteiger partial charge is 0.325 e. The summed E-state index contributed by atoms with van der Waals surface area (Å²) in [7, 11) is 0. The van der Waals surface area contributed by atoms with Gasteiger partial charge >= 0.3 is 0 Å². The molecule has 0 bridgehead atoms. The molecule has 0 aliphatic heterocycles. The third-order valence-electron chi connectivity index (χ3n) is 2.06. The highest BCUT2D eigenvalue weighted by molar-refractivity contribution is 5.94. The molecular formula is C11H12N4O2. The van der Waals surface area contributed by atoms with E-state index in [1.54, 1.807) is 24.3 Å². The van der Waals surface area contributed by atoms with Crippen LogP contribution in [0.25, 0.3) is 0 Å². The molecular weight excluding hydrogens is 220 g/mol. The highest BCUT2D eigenvalue weighted by Crippen LogP contribution is 2.13. The number of hydrazine groups is 1. The number of anilines is 1. The molecule has 1 rings (SSSR count). The van der Waals surface area contributed by atoms with Crippen molar-refractivity contribution in [2.75, 3.05) is 5.32 Å². The highest BCUT2D eigenvalue weighted by atomic mass is 16.2. The van der Waals surface area contributed by atoms with E-state index in [2.05, 4.69) is 5.32 Å². The number of carbonyl (C=O) groups is 2. The van der Waals surface area contributed by atoms with Crippen LogP contribution in [0.5, 0.6) is 0 Å². The zero-order valence-electron chi connectivity index (χ0n) is 9.06. The van der Waals surface area contributed by atoms with Gasteiger partial charge in [0.2, 0.25) is 11.8 Å². The molecule has 2 amide bonds. The van der Waals surface area contributed by atoms with Crippen LogP contribution < -0.4 is 16.6 Å². The predicted octanol–water partition coefficient (Wildman–Crippen LogP) is 0.267. The second-order valence-electron chi connectivity index (χ2n) is 3.27. The molecule has 17 heavy (non-hydrogen) atoms. The molecule has 6 heteroatoms. The monoisotopic (exact) mass is 232 g/mol. The fourth-order valence-electron chi connectivity index (χ4n) is 1.20. The van der Waals surface area contributed by atoms with Gasteiger partial charge in [0.1, 0.15) is 6.07 Å². The molecule has 0 heterocycles. The van der Waals surface area contributed by atoms with Gasteiger partial charge in [0.25, 0.3) is 0 Å². The van der Waals surface area contributed by atoms with Crippen LogP contribution in [-0.2, 0) is 9.59 Å². The molecule has 0 saturated heterocycles. The van der Waals surface area contributed by atoms with Gasteiger partial charge in [-0.05, 0) is 12.1 Å². The molecule has 0 unspecified atom stereocenters. The molecule has 0 aromatic heterocycles. The fourth-order valence-corrected chi connectivity index (χ4v) is 1.20. The first-order valence-electron chi connectivity index (χ1n) is 4.95. The van der Waals surface area contributed by atoms with Crippen LogP contribution in [-0.4, -0.2) is 11.8 Å². The number of hydrogen-bond acceptors (Lipinski definition) is 4. The Morgan fingerprint density at radius 2 is 1.88 bits per heavy atom. The van der Waals surface area contributed by atoms with Crippen molar-refractivity contribution in [3.8, 4) is 6.07 Å². The Labute approximate surface area is 98.4 Å². The molecule has 4 N–H and O–H groups in total. The number of nitrogens with zero attached hydrogens (tertiary/aromatic N) is 1. The van der Waals surface area contributed by atoms with E-state index in [0.29, 0.717) is 11.3 Å². The number of nitrogens with one attached hydrogen (secondary N) is 2. The maximum Gasteiger partial charge on any atom is 0.234 e. The molecule has 0 spiro atoms. The molecule has 88 valence electrons. The molecule has 1 aromatic rings. The summed E-state index contributed by atoms with van der Waals surface area (Å²) in [6, 6.07) is 8.60. The molecule has 0 aliphatic carbocycles. The minimum atomic E-state index is -0.409. The van der Waals surface area contributed by atoms with E-state index < -0.39 is 5.91 Å². The first-order chi connectivity index (χ1) is 8.17. The van der Waals surface area contributed by atoms with Crippen molar-refractivity contribution >= 4 is 17.5 Å². The smallest absolute Gasteiger partial charge is 0.234 e. The lowest BCUT2D eigenvalue weighted by Crippen LogP contribution is -2.30. The Morgan fingerprint density at radius 3 is 2.53 bits per heavy atom. The van der Waals surface area contributed by atoms with Crippen molar-refractivity contribution < 1.29 is 9.59 Å². The third-order valence-corrected chi connectivity index (χ3v) is 2.06. The summed E-state index contributed by atoms with van der Waals surface area (Å²) >= 11 is 0. The number of nitrogens with two attached hydrogens (primary N) is 1. The topological polar surface area (TPSA) is 108 Å². The number of para-hydroxylation sites is 1. The number of carbonyl (C=O) groups excluding carboxylic acids is 2. The summed E-state index contributed by atoms with van der Waals surface area (Å²) in [6.07, 6.45) is 0.0276. The van der Waals surface area contributed by atoms with Crippen LogP contribution >= 0.6 is 0 Å². The van der Waals surface area contributed by atoms with E-state index >= 15 is 0 Å². The Balaban J connectivity index is 2.57. The van der Waals surface area contributed by atoms with Crippen LogP contribution in [0.4, 0.5) is 5.69 Å². The summed E-state index contributed by atoms with van der Waals surface area (Å²) < 4.78 is 0. The lowest BCUT2D eigenvalue weighted by molar-refractivity contribution is -0.124. The van der Waals surface area contributed by atoms with Crippen molar-refractivity contribution in [3.05, 3.63) is 29.8 Å². The average molecular weight is 232 g/mol. The van der Waals surface area contributed by atoms with Crippen molar-refractivity contribution in [2.24, 2.45) is 5.84 Å². The number of rotatable bonds is 4. The summed E-state index contributed by atoms with van der Waals surface area (Å²) in [5.41, 5.74) is 2.75. The normalized spacial score (nSPS) is 9.18. The van der Waals surface area contributed by atoms with Gasteiger partial charge < -0.3 is 5.32 Å². The lowest BCUT2D eigenvalue weighted by Gasteiger charge is -2.06. The minimum Gasteiger partial charge on any atom is -0.325 e. The summed E-state index contributed by atoms with van der Waals surface area (Å²) in [5.74, 6) is 4.14. The second-order valence-corrected chi connectivity index (χ2v) is 3.27. The highest BCUT2D eigenvalue weighted by Gasteiger charge is 2.08. The van der Waals surface area contributed by atoms with E-state index in [9.17, 15) is 9.59 Å². The second kappa shape index (κ2) is 6.25. The lowest BCUT2D eigenvalue weighted by atomic mass is 10.2. The summed E-state index contributed by atoms with van der Waals surface area (Å²) in [5, 5.41) is 11.4. The van der Waals surface area contributed by atoms with Gasteiger partial charge in [0.05, 0.1) is 11.3 Å². The van der Waals surface area contributed by atoms with Crippen molar-refractivity contribution in [1.82, 2.24) is 5.43 Å². The zero-order valence-corrected chi connectivity index (χ0v) is 9.06. The first kappa shape index (κ1) is 12.7. The maximum absolute atomic E-state index is 11.5. The molecule has 0 saturated carbocycles. The quantitative estimate of drug-likeness (QED) is 0.393. The van der Waals surface area contributed by atoms with E-state index in [-0.39, 0.29) is 18.7 Å². The molecule has 0 atom stereocenters. The van der Waals surface area contributed by atoms with Crippen LogP contribution in [0.2, 0.25) is 0 Å². The predicted molar refractivity (Wildman–Crippen MR) is 61.4 cm³/mol. The van der Waals surface area contributed by atoms with Crippen molar-refractivity contribution in [2.45, 2.75) is 12.8 Å². The van der Waals surface area contributed by atoms with Gasteiger partial charge in [-0.1, -0.05) is 12.1 Å². The molecule has 6 nitrogen and oxygen atoms in total. The van der Waals surface area contributed by atoms with E-state index in [4.69, 9.17) is 11.1 Å². The van der Waals surface area contributed by atoms with Crippen LogP contribution in [0.3, 0.4) is 0 Å². The van der Waals surface area contributed by atoms with Gasteiger partial charge in [-0.25, -0.2) is 5.84 Å².